The van der Waals surface area contributed by atoms with E-state index in [9.17, 15) is 9.90 Å². The van der Waals surface area contributed by atoms with Crippen molar-refractivity contribution in [3.63, 3.8) is 0 Å². The molecule has 5 nitrogen and oxygen atoms in total. The van der Waals surface area contributed by atoms with Gasteiger partial charge in [0.1, 0.15) is 5.75 Å². The molecule has 0 aliphatic heterocycles. The largest absolute Gasteiger partial charge is 0.507 e. The monoisotopic (exact) mass is 260 g/mol. The van der Waals surface area contributed by atoms with Gasteiger partial charge in [0.2, 0.25) is 0 Å². The summed E-state index contributed by atoms with van der Waals surface area (Å²) in [5.41, 5.74) is 2.29. The van der Waals surface area contributed by atoms with Gasteiger partial charge in [0, 0.05) is 23.9 Å². The molecule has 1 aromatic heterocycles. The molecule has 1 heterocycles. The van der Waals surface area contributed by atoms with Crippen molar-refractivity contribution in [2.75, 3.05) is 7.11 Å². The Balaban J connectivity index is 2.33. The molecule has 5 heteroatoms. The number of aromatic hydroxyl groups is 1. The van der Waals surface area contributed by atoms with Gasteiger partial charge in [-0.15, -0.1) is 0 Å². The second-order valence-electron chi connectivity index (χ2n) is 4.19. The van der Waals surface area contributed by atoms with Gasteiger partial charge >= 0.3 is 5.97 Å². The number of nitrogens with zero attached hydrogens (tertiary/aromatic N) is 2. The topological polar surface area (TPSA) is 64.3 Å². The van der Waals surface area contributed by atoms with Crippen molar-refractivity contribution in [1.82, 2.24) is 9.78 Å². The first-order chi connectivity index (χ1) is 9.13. The Morgan fingerprint density at radius 1 is 1.47 bits per heavy atom. The van der Waals surface area contributed by atoms with Crippen LogP contribution in [0.5, 0.6) is 5.75 Å². The Kier molecular flexibility index (Phi) is 3.85. The Hall–Kier alpha value is -2.30. The predicted molar refractivity (Wildman–Crippen MR) is 70.7 cm³/mol. The van der Waals surface area contributed by atoms with E-state index >= 15 is 0 Å². The SMILES string of the molecule is CCn1cc(-c2cc(CC(=O)OC)ccc2O)cn1. The van der Waals surface area contributed by atoms with Gasteiger partial charge in [0.15, 0.2) is 0 Å². The molecule has 0 bridgehead atoms. The van der Waals surface area contributed by atoms with Gasteiger partial charge in [0.25, 0.3) is 0 Å². The summed E-state index contributed by atoms with van der Waals surface area (Å²) in [6.07, 6.45) is 3.74. The third kappa shape index (κ3) is 2.93. The van der Waals surface area contributed by atoms with E-state index in [1.165, 1.54) is 7.11 Å². The fraction of sp³-hybridized carbons (Fsp3) is 0.286. The fourth-order valence-corrected chi connectivity index (χ4v) is 1.84. The van der Waals surface area contributed by atoms with Crippen molar-refractivity contribution >= 4 is 5.97 Å². The molecule has 0 atom stereocenters. The Bertz CT molecular complexity index is 590. The van der Waals surface area contributed by atoms with Gasteiger partial charge in [-0.3, -0.25) is 9.48 Å². The van der Waals surface area contributed by atoms with Crippen LogP contribution in [0.3, 0.4) is 0 Å². The summed E-state index contributed by atoms with van der Waals surface area (Å²) in [6, 6.07) is 5.07. The Labute approximate surface area is 111 Å². The molecule has 0 unspecified atom stereocenters. The summed E-state index contributed by atoms with van der Waals surface area (Å²) in [4.78, 5) is 11.3. The minimum atomic E-state index is -0.305. The van der Waals surface area contributed by atoms with Crippen LogP contribution < -0.4 is 0 Å². The molecule has 0 spiro atoms. The molecule has 0 fully saturated rings. The number of aryl methyl sites for hydroxylation is 1. The number of aromatic nitrogens is 2. The van der Waals surface area contributed by atoms with Gasteiger partial charge in [-0.1, -0.05) is 6.07 Å². The van der Waals surface area contributed by atoms with E-state index in [-0.39, 0.29) is 18.1 Å². The van der Waals surface area contributed by atoms with Crippen molar-refractivity contribution < 1.29 is 14.6 Å². The summed E-state index contributed by atoms with van der Waals surface area (Å²) in [6.45, 7) is 2.76. The van der Waals surface area contributed by atoms with Crippen molar-refractivity contribution in [2.24, 2.45) is 0 Å². The van der Waals surface area contributed by atoms with Crippen molar-refractivity contribution in [3.05, 3.63) is 36.2 Å². The van der Waals surface area contributed by atoms with Gasteiger partial charge in [-0.25, -0.2) is 0 Å². The summed E-state index contributed by atoms with van der Waals surface area (Å²) in [5.74, 6) is -0.134. The Morgan fingerprint density at radius 2 is 2.26 bits per heavy atom. The molecule has 2 rings (SSSR count). The minimum absolute atomic E-state index is 0.171. The van der Waals surface area contributed by atoms with E-state index < -0.39 is 0 Å². The number of carbonyl (C=O) groups excluding carboxylic acids is 1. The van der Waals surface area contributed by atoms with E-state index in [0.29, 0.717) is 5.56 Å². The maximum Gasteiger partial charge on any atom is 0.309 e. The maximum atomic E-state index is 11.3. The molecule has 0 aliphatic carbocycles. The zero-order chi connectivity index (χ0) is 13.8. The van der Waals surface area contributed by atoms with Crippen LogP contribution >= 0.6 is 0 Å². The van der Waals surface area contributed by atoms with E-state index in [1.807, 2.05) is 13.1 Å². The Morgan fingerprint density at radius 3 is 2.89 bits per heavy atom. The van der Waals surface area contributed by atoms with Gasteiger partial charge in [-0.05, 0) is 24.6 Å². The molecule has 1 N–H and O–H groups in total. The number of carbonyl (C=O) groups is 1. The van der Waals surface area contributed by atoms with E-state index in [1.54, 1.807) is 29.1 Å². The average molecular weight is 260 g/mol. The van der Waals surface area contributed by atoms with Crippen molar-refractivity contribution in [3.8, 4) is 16.9 Å². The van der Waals surface area contributed by atoms with E-state index in [4.69, 9.17) is 0 Å². The van der Waals surface area contributed by atoms with Crippen LogP contribution in [0.15, 0.2) is 30.6 Å². The summed E-state index contributed by atoms with van der Waals surface area (Å²) < 4.78 is 6.41. The van der Waals surface area contributed by atoms with Crippen LogP contribution in [0.1, 0.15) is 12.5 Å². The van der Waals surface area contributed by atoms with Crippen LogP contribution in [0.4, 0.5) is 0 Å². The van der Waals surface area contributed by atoms with Crippen LogP contribution in [0.25, 0.3) is 11.1 Å². The molecule has 2 aromatic rings. The molecule has 0 amide bonds. The maximum absolute atomic E-state index is 11.3. The standard InChI is InChI=1S/C14H16N2O3/c1-3-16-9-11(8-15-16)12-6-10(4-5-13(12)17)7-14(18)19-2/h4-6,8-9,17H,3,7H2,1-2H3. The lowest BCUT2D eigenvalue weighted by molar-refractivity contribution is -0.139. The normalized spacial score (nSPS) is 10.4. The number of esters is 1. The summed E-state index contributed by atoms with van der Waals surface area (Å²) in [7, 11) is 1.36. The van der Waals surface area contributed by atoms with Crippen LogP contribution in [-0.2, 0) is 22.5 Å². The minimum Gasteiger partial charge on any atom is -0.507 e. The molecule has 0 radical (unpaired) electrons. The molecular formula is C14H16N2O3. The molecular weight excluding hydrogens is 244 g/mol. The number of benzene rings is 1. The van der Waals surface area contributed by atoms with Gasteiger partial charge in [0.05, 0.1) is 19.7 Å². The number of rotatable bonds is 4. The lowest BCUT2D eigenvalue weighted by Gasteiger charge is -2.05. The number of ether oxygens (including phenoxy) is 1. The molecule has 1 aromatic carbocycles. The smallest absolute Gasteiger partial charge is 0.309 e. The first-order valence-corrected chi connectivity index (χ1v) is 6.05. The molecule has 19 heavy (non-hydrogen) atoms. The molecule has 0 aliphatic rings. The molecule has 0 saturated heterocycles. The lowest BCUT2D eigenvalue weighted by Crippen LogP contribution is -2.04. The highest BCUT2D eigenvalue weighted by atomic mass is 16.5. The number of methoxy groups -OCH3 is 1. The summed E-state index contributed by atoms with van der Waals surface area (Å²) >= 11 is 0. The molecule has 100 valence electrons. The average Bonchev–Trinajstić information content (AvgIpc) is 2.89. The van der Waals surface area contributed by atoms with E-state index in [0.717, 1.165) is 17.7 Å². The number of hydrogen-bond donors (Lipinski definition) is 1. The number of phenolic OH excluding ortho intramolecular Hbond substituents is 1. The second-order valence-corrected chi connectivity index (χ2v) is 4.19. The van der Waals surface area contributed by atoms with Gasteiger partial charge < -0.3 is 9.84 Å². The number of hydrogen-bond acceptors (Lipinski definition) is 4. The van der Waals surface area contributed by atoms with Crippen LogP contribution in [0, 0.1) is 0 Å². The second kappa shape index (κ2) is 5.56. The highest BCUT2D eigenvalue weighted by Crippen LogP contribution is 2.29. The number of phenols is 1. The predicted octanol–water partition coefficient (Wildman–Crippen LogP) is 1.99. The lowest BCUT2D eigenvalue weighted by atomic mass is 10.0. The van der Waals surface area contributed by atoms with Crippen LogP contribution in [-0.4, -0.2) is 28.0 Å². The van der Waals surface area contributed by atoms with Crippen LogP contribution in [0.2, 0.25) is 0 Å². The zero-order valence-corrected chi connectivity index (χ0v) is 11.0. The molecule has 0 saturated carbocycles. The third-order valence-electron chi connectivity index (χ3n) is 2.91. The highest BCUT2D eigenvalue weighted by Gasteiger charge is 2.10. The van der Waals surface area contributed by atoms with Crippen molar-refractivity contribution in [2.45, 2.75) is 19.9 Å². The quantitative estimate of drug-likeness (QED) is 0.854. The zero-order valence-electron chi connectivity index (χ0n) is 11.0. The first-order valence-electron chi connectivity index (χ1n) is 6.05. The highest BCUT2D eigenvalue weighted by molar-refractivity contribution is 5.75. The fourth-order valence-electron chi connectivity index (χ4n) is 1.84. The van der Waals surface area contributed by atoms with Gasteiger partial charge in [-0.2, -0.15) is 5.10 Å². The first kappa shape index (κ1) is 13.1. The summed E-state index contributed by atoms with van der Waals surface area (Å²) in [5, 5.41) is 14.1. The van der Waals surface area contributed by atoms with E-state index in [2.05, 4.69) is 9.84 Å². The third-order valence-corrected chi connectivity index (χ3v) is 2.91. The van der Waals surface area contributed by atoms with Crippen molar-refractivity contribution in [1.29, 1.82) is 0 Å².